The number of nitrogens with two attached hydrogens (primary N) is 2. The first kappa shape index (κ1) is 13.2. The molecule has 0 aliphatic heterocycles. The molecule has 18 heavy (non-hydrogen) atoms. The van der Waals surface area contributed by atoms with Crippen LogP contribution in [-0.2, 0) is 10.0 Å². The van der Waals surface area contributed by atoms with E-state index < -0.39 is 10.0 Å². The molecule has 6 heteroatoms. The smallest absolute Gasteiger partial charge is 0.240 e. The highest BCUT2D eigenvalue weighted by atomic mass is 32.2. The fourth-order valence-electron chi connectivity index (χ4n) is 2.10. The SMILES string of the molecule is CC1(C)CC1CNc1cccc(S(N)(=O)=O)c1N. The van der Waals surface area contributed by atoms with Crippen LogP contribution in [0.1, 0.15) is 20.3 Å². The molecule has 1 atom stereocenters. The Hall–Kier alpha value is -1.27. The Kier molecular flexibility index (Phi) is 3.03. The molecular formula is C12H19N3O2S. The molecule has 1 aliphatic rings. The molecule has 0 aromatic heterocycles. The van der Waals surface area contributed by atoms with Crippen LogP contribution < -0.4 is 16.2 Å². The molecule has 1 saturated carbocycles. The molecule has 0 spiro atoms. The molecular weight excluding hydrogens is 250 g/mol. The van der Waals surface area contributed by atoms with Gasteiger partial charge in [-0.1, -0.05) is 19.9 Å². The zero-order valence-corrected chi connectivity index (χ0v) is 11.4. The summed E-state index contributed by atoms with van der Waals surface area (Å²) < 4.78 is 22.7. The molecule has 1 aromatic carbocycles. The number of nitrogens with one attached hydrogen (secondary N) is 1. The van der Waals surface area contributed by atoms with E-state index in [-0.39, 0.29) is 10.6 Å². The Balaban J connectivity index is 2.15. The van der Waals surface area contributed by atoms with E-state index in [1.54, 1.807) is 12.1 Å². The van der Waals surface area contributed by atoms with Crippen molar-refractivity contribution in [3.05, 3.63) is 18.2 Å². The molecule has 2 rings (SSSR count). The molecule has 100 valence electrons. The van der Waals surface area contributed by atoms with Gasteiger partial charge in [0.05, 0.1) is 11.4 Å². The van der Waals surface area contributed by atoms with E-state index in [1.807, 2.05) is 0 Å². The maximum Gasteiger partial charge on any atom is 0.240 e. The average Bonchev–Trinajstić information content (AvgIpc) is 2.83. The predicted octanol–water partition coefficient (Wildman–Crippen LogP) is 1.37. The highest BCUT2D eigenvalue weighted by Gasteiger charge is 2.45. The summed E-state index contributed by atoms with van der Waals surface area (Å²) in [5, 5.41) is 8.30. The summed E-state index contributed by atoms with van der Waals surface area (Å²) in [6, 6.07) is 4.81. The Labute approximate surface area is 108 Å². The minimum absolute atomic E-state index is 0.0254. The van der Waals surface area contributed by atoms with Gasteiger partial charge in [0.25, 0.3) is 0 Å². The quantitative estimate of drug-likeness (QED) is 0.719. The zero-order chi connectivity index (χ0) is 13.6. The number of hydrogen-bond donors (Lipinski definition) is 3. The predicted molar refractivity (Wildman–Crippen MR) is 72.6 cm³/mol. The molecule has 0 radical (unpaired) electrons. The van der Waals surface area contributed by atoms with Crippen molar-refractivity contribution in [1.82, 2.24) is 0 Å². The normalized spacial score (nSPS) is 21.6. The molecule has 0 bridgehead atoms. The topological polar surface area (TPSA) is 98.2 Å². The monoisotopic (exact) mass is 269 g/mol. The lowest BCUT2D eigenvalue weighted by Gasteiger charge is -2.12. The lowest BCUT2D eigenvalue weighted by Crippen LogP contribution is -2.16. The number of primary sulfonamides is 1. The summed E-state index contributed by atoms with van der Waals surface area (Å²) in [4.78, 5) is -0.0254. The van der Waals surface area contributed by atoms with Crippen molar-refractivity contribution in [3.8, 4) is 0 Å². The van der Waals surface area contributed by atoms with Crippen molar-refractivity contribution in [1.29, 1.82) is 0 Å². The number of para-hydroxylation sites is 1. The maximum absolute atomic E-state index is 11.3. The molecule has 0 heterocycles. The minimum atomic E-state index is -3.77. The summed E-state index contributed by atoms with van der Waals surface area (Å²) in [7, 11) is -3.77. The second-order valence-electron chi connectivity index (χ2n) is 5.53. The van der Waals surface area contributed by atoms with Gasteiger partial charge >= 0.3 is 0 Å². The van der Waals surface area contributed by atoms with Crippen molar-refractivity contribution in [2.75, 3.05) is 17.6 Å². The summed E-state index contributed by atoms with van der Waals surface area (Å²) in [6.07, 6.45) is 1.18. The highest BCUT2D eigenvalue weighted by molar-refractivity contribution is 7.89. The summed E-state index contributed by atoms with van der Waals surface area (Å²) in [5.74, 6) is 0.607. The molecule has 1 unspecified atom stereocenters. The fourth-order valence-corrected chi connectivity index (χ4v) is 2.79. The van der Waals surface area contributed by atoms with Gasteiger partial charge in [-0.25, -0.2) is 13.6 Å². The van der Waals surface area contributed by atoms with Crippen LogP contribution in [0.4, 0.5) is 11.4 Å². The highest BCUT2D eigenvalue weighted by Crippen LogP contribution is 2.51. The second kappa shape index (κ2) is 4.13. The van der Waals surface area contributed by atoms with E-state index >= 15 is 0 Å². The van der Waals surface area contributed by atoms with Crippen molar-refractivity contribution in [2.45, 2.75) is 25.2 Å². The third-order valence-electron chi connectivity index (χ3n) is 3.63. The van der Waals surface area contributed by atoms with Gasteiger partial charge in [-0.2, -0.15) is 0 Å². The number of benzene rings is 1. The van der Waals surface area contributed by atoms with Gasteiger partial charge in [-0.3, -0.25) is 0 Å². The molecule has 1 aromatic rings. The van der Waals surface area contributed by atoms with Crippen LogP contribution in [0.2, 0.25) is 0 Å². The molecule has 1 fully saturated rings. The van der Waals surface area contributed by atoms with Crippen molar-refractivity contribution in [2.24, 2.45) is 16.5 Å². The van der Waals surface area contributed by atoms with Gasteiger partial charge in [0.15, 0.2) is 0 Å². The van der Waals surface area contributed by atoms with Crippen LogP contribution >= 0.6 is 0 Å². The van der Waals surface area contributed by atoms with Crippen LogP contribution in [0.5, 0.6) is 0 Å². The Morgan fingerprint density at radius 3 is 2.56 bits per heavy atom. The third kappa shape index (κ3) is 2.59. The van der Waals surface area contributed by atoms with Gasteiger partial charge in [-0.05, 0) is 29.9 Å². The Morgan fingerprint density at radius 2 is 2.06 bits per heavy atom. The zero-order valence-electron chi connectivity index (χ0n) is 10.6. The number of sulfonamides is 1. The molecule has 1 aliphatic carbocycles. The summed E-state index contributed by atoms with van der Waals surface area (Å²) in [6.45, 7) is 5.22. The second-order valence-corrected chi connectivity index (χ2v) is 7.06. The van der Waals surface area contributed by atoms with Gasteiger partial charge in [-0.15, -0.1) is 0 Å². The van der Waals surface area contributed by atoms with Crippen molar-refractivity contribution < 1.29 is 8.42 Å². The number of rotatable bonds is 4. The number of nitrogen functional groups attached to an aromatic ring is 1. The van der Waals surface area contributed by atoms with Crippen LogP contribution in [0.3, 0.4) is 0 Å². The van der Waals surface area contributed by atoms with Gasteiger partial charge in [0.1, 0.15) is 4.90 Å². The largest absolute Gasteiger partial charge is 0.396 e. The van der Waals surface area contributed by atoms with Gasteiger partial charge in [0.2, 0.25) is 10.0 Å². The van der Waals surface area contributed by atoms with Crippen LogP contribution in [0.15, 0.2) is 23.1 Å². The molecule has 0 saturated heterocycles. The summed E-state index contributed by atoms with van der Waals surface area (Å²) in [5.41, 5.74) is 7.02. The molecule has 5 N–H and O–H groups in total. The number of hydrogen-bond acceptors (Lipinski definition) is 4. The van der Waals surface area contributed by atoms with Crippen LogP contribution in [0.25, 0.3) is 0 Å². The fraction of sp³-hybridized carbons (Fsp3) is 0.500. The lowest BCUT2D eigenvalue weighted by atomic mass is 10.1. The van der Waals surface area contributed by atoms with Crippen LogP contribution in [0, 0.1) is 11.3 Å². The summed E-state index contributed by atoms with van der Waals surface area (Å²) >= 11 is 0. The van der Waals surface area contributed by atoms with Crippen LogP contribution in [-0.4, -0.2) is 15.0 Å². The first-order valence-electron chi connectivity index (χ1n) is 5.87. The number of anilines is 2. The average molecular weight is 269 g/mol. The lowest BCUT2D eigenvalue weighted by molar-refractivity contribution is 0.573. The van der Waals surface area contributed by atoms with Crippen molar-refractivity contribution in [3.63, 3.8) is 0 Å². The molecule has 5 nitrogen and oxygen atoms in total. The Bertz CT molecular complexity index is 567. The van der Waals surface area contributed by atoms with Crippen molar-refractivity contribution >= 4 is 21.4 Å². The van der Waals surface area contributed by atoms with E-state index in [0.29, 0.717) is 17.0 Å². The van der Waals surface area contributed by atoms with E-state index in [1.165, 1.54) is 12.5 Å². The maximum atomic E-state index is 11.3. The first-order valence-corrected chi connectivity index (χ1v) is 7.41. The third-order valence-corrected chi connectivity index (χ3v) is 4.60. The standard InChI is InChI=1S/C12H19N3O2S/c1-12(2)6-8(12)7-15-9-4-3-5-10(11(9)13)18(14,16)17/h3-5,8,15H,6-7,13H2,1-2H3,(H2,14,16,17). The first-order chi connectivity index (χ1) is 8.22. The van der Waals surface area contributed by atoms with E-state index in [2.05, 4.69) is 19.2 Å². The minimum Gasteiger partial charge on any atom is -0.396 e. The Morgan fingerprint density at radius 1 is 1.44 bits per heavy atom. The van der Waals surface area contributed by atoms with E-state index in [4.69, 9.17) is 10.9 Å². The van der Waals surface area contributed by atoms with Gasteiger partial charge in [0, 0.05) is 6.54 Å². The van der Waals surface area contributed by atoms with Gasteiger partial charge < -0.3 is 11.1 Å². The molecule has 0 amide bonds. The van der Waals surface area contributed by atoms with E-state index in [9.17, 15) is 8.42 Å². The van der Waals surface area contributed by atoms with E-state index in [0.717, 1.165) is 6.54 Å².